The zero-order valence-corrected chi connectivity index (χ0v) is 13.6. The van der Waals surface area contributed by atoms with E-state index in [1.54, 1.807) is 0 Å². The van der Waals surface area contributed by atoms with Gasteiger partial charge in [-0.3, -0.25) is 4.79 Å². The summed E-state index contributed by atoms with van der Waals surface area (Å²) in [5, 5.41) is 2.74. The molecule has 1 saturated heterocycles. The molecule has 21 heavy (non-hydrogen) atoms. The van der Waals surface area contributed by atoms with E-state index < -0.39 is 17.6 Å². The van der Waals surface area contributed by atoms with E-state index in [4.69, 9.17) is 0 Å². The molecule has 1 aromatic carbocycles. The Labute approximate surface area is 134 Å². The predicted molar refractivity (Wildman–Crippen MR) is 81.5 cm³/mol. The monoisotopic (exact) mass is 381 g/mol. The highest BCUT2D eigenvalue weighted by Gasteiger charge is 2.31. The molecule has 1 aliphatic rings. The Morgan fingerprint density at radius 1 is 1.33 bits per heavy atom. The zero-order valence-electron chi connectivity index (χ0n) is 11.2. The Kier molecular flexibility index (Phi) is 5.60. The molecule has 1 amide bonds. The Balaban J connectivity index is 2.04. The second-order valence-corrected chi connectivity index (χ2v) is 7.04. The van der Waals surface area contributed by atoms with Crippen LogP contribution < -0.4 is 5.32 Å². The third-order valence-corrected chi connectivity index (χ3v) is 5.17. The molecule has 2 rings (SSSR count). The number of nitrogens with one attached hydrogen (secondary N) is 1. The van der Waals surface area contributed by atoms with Gasteiger partial charge in [-0.1, -0.05) is 0 Å². The number of alkyl halides is 3. The van der Waals surface area contributed by atoms with Crippen molar-refractivity contribution in [2.75, 3.05) is 18.1 Å². The largest absolute Gasteiger partial charge is 0.416 e. The topological polar surface area (TPSA) is 29.1 Å². The van der Waals surface area contributed by atoms with E-state index >= 15 is 0 Å². The highest BCUT2D eigenvalue weighted by molar-refractivity contribution is 9.10. The second kappa shape index (κ2) is 7.05. The van der Waals surface area contributed by atoms with Crippen LogP contribution >= 0.6 is 27.7 Å². The summed E-state index contributed by atoms with van der Waals surface area (Å²) in [7, 11) is 0. The highest BCUT2D eigenvalue weighted by atomic mass is 79.9. The first-order chi connectivity index (χ1) is 9.88. The van der Waals surface area contributed by atoms with E-state index in [2.05, 4.69) is 21.2 Å². The number of amides is 1. The Hall–Kier alpha value is -0.690. The fourth-order valence-electron chi connectivity index (χ4n) is 2.16. The average molecular weight is 382 g/mol. The maximum absolute atomic E-state index is 12.7. The van der Waals surface area contributed by atoms with Gasteiger partial charge in [0.1, 0.15) is 0 Å². The quantitative estimate of drug-likeness (QED) is 0.843. The van der Waals surface area contributed by atoms with Gasteiger partial charge >= 0.3 is 6.18 Å². The summed E-state index contributed by atoms with van der Waals surface area (Å²) in [5.74, 6) is 2.10. The van der Waals surface area contributed by atoms with Crippen molar-refractivity contribution in [2.24, 2.45) is 5.92 Å². The van der Waals surface area contributed by atoms with Crippen molar-refractivity contribution in [1.29, 1.82) is 0 Å². The average Bonchev–Trinajstić information content (AvgIpc) is 2.45. The number of hydrogen-bond acceptors (Lipinski definition) is 2. The zero-order chi connectivity index (χ0) is 15.5. The van der Waals surface area contributed by atoms with Gasteiger partial charge in [-0.05, 0) is 64.4 Å². The lowest BCUT2D eigenvalue weighted by molar-refractivity contribution is -0.137. The van der Waals surface area contributed by atoms with Gasteiger partial charge in [0.2, 0.25) is 0 Å². The van der Waals surface area contributed by atoms with E-state index in [0.29, 0.717) is 16.9 Å². The van der Waals surface area contributed by atoms with Gasteiger partial charge in [0.25, 0.3) is 5.91 Å². The number of rotatable bonds is 3. The number of hydrogen-bond donors (Lipinski definition) is 1. The van der Waals surface area contributed by atoms with Crippen LogP contribution in [0.1, 0.15) is 28.8 Å². The first-order valence-electron chi connectivity index (χ1n) is 6.60. The molecule has 0 spiro atoms. The summed E-state index contributed by atoms with van der Waals surface area (Å²) in [4.78, 5) is 12.1. The first-order valence-corrected chi connectivity index (χ1v) is 8.55. The summed E-state index contributed by atoms with van der Waals surface area (Å²) < 4.78 is 38.4. The lowest BCUT2D eigenvalue weighted by Crippen LogP contribution is -2.31. The van der Waals surface area contributed by atoms with E-state index in [0.717, 1.165) is 36.5 Å². The number of carbonyl (C=O) groups excluding carboxylic acids is 1. The summed E-state index contributed by atoms with van der Waals surface area (Å²) in [6.45, 7) is 0.516. The maximum Gasteiger partial charge on any atom is 0.416 e. The number of benzene rings is 1. The van der Waals surface area contributed by atoms with Crippen molar-refractivity contribution in [3.8, 4) is 0 Å². The van der Waals surface area contributed by atoms with Crippen LogP contribution in [0.2, 0.25) is 0 Å². The van der Waals surface area contributed by atoms with Crippen LogP contribution in [-0.4, -0.2) is 24.0 Å². The standard InChI is InChI=1S/C14H15BrF3NOS/c15-12-2-1-10(14(16,17)18)7-11(12)13(20)19-8-9-3-5-21-6-4-9/h1-2,7,9H,3-6,8H2,(H,19,20). The predicted octanol–water partition coefficient (Wildman–Crippen LogP) is 4.34. The van der Waals surface area contributed by atoms with Gasteiger partial charge in [-0.15, -0.1) is 0 Å². The van der Waals surface area contributed by atoms with E-state index in [-0.39, 0.29) is 5.56 Å². The van der Waals surface area contributed by atoms with Crippen LogP contribution in [0.15, 0.2) is 22.7 Å². The minimum absolute atomic E-state index is 0.0232. The molecule has 0 unspecified atom stereocenters. The first kappa shape index (κ1) is 16.7. The molecule has 1 heterocycles. The summed E-state index contributed by atoms with van der Waals surface area (Å²) in [5.41, 5.74) is -0.792. The molecule has 1 aromatic rings. The van der Waals surface area contributed by atoms with Gasteiger partial charge in [0, 0.05) is 11.0 Å². The van der Waals surface area contributed by atoms with Gasteiger partial charge < -0.3 is 5.32 Å². The smallest absolute Gasteiger partial charge is 0.352 e. The van der Waals surface area contributed by atoms with Crippen LogP contribution in [0.25, 0.3) is 0 Å². The molecule has 1 N–H and O–H groups in total. The highest BCUT2D eigenvalue weighted by Crippen LogP contribution is 2.32. The van der Waals surface area contributed by atoms with Crippen molar-refractivity contribution in [1.82, 2.24) is 5.32 Å². The van der Waals surface area contributed by atoms with Crippen molar-refractivity contribution in [2.45, 2.75) is 19.0 Å². The van der Waals surface area contributed by atoms with Crippen molar-refractivity contribution >= 4 is 33.6 Å². The minimum Gasteiger partial charge on any atom is -0.352 e. The molecule has 0 atom stereocenters. The van der Waals surface area contributed by atoms with Crippen molar-refractivity contribution < 1.29 is 18.0 Å². The number of halogens is 4. The maximum atomic E-state index is 12.7. The third kappa shape index (κ3) is 4.64. The molecular weight excluding hydrogens is 367 g/mol. The van der Waals surface area contributed by atoms with Crippen LogP contribution in [0.5, 0.6) is 0 Å². The van der Waals surface area contributed by atoms with Crippen molar-refractivity contribution in [3.05, 3.63) is 33.8 Å². The molecule has 0 bridgehead atoms. The van der Waals surface area contributed by atoms with Crippen molar-refractivity contribution in [3.63, 3.8) is 0 Å². The van der Waals surface area contributed by atoms with Gasteiger partial charge in [0.15, 0.2) is 0 Å². The molecule has 7 heteroatoms. The lowest BCUT2D eigenvalue weighted by Gasteiger charge is -2.21. The summed E-state index contributed by atoms with van der Waals surface area (Å²) in [6.07, 6.45) is -2.38. The number of carbonyl (C=O) groups is 1. The molecule has 116 valence electrons. The molecule has 2 nitrogen and oxygen atoms in total. The summed E-state index contributed by atoms with van der Waals surface area (Å²) >= 11 is 5.02. The van der Waals surface area contributed by atoms with E-state index in [1.165, 1.54) is 6.07 Å². The van der Waals surface area contributed by atoms with Gasteiger partial charge in [0.05, 0.1) is 11.1 Å². The SMILES string of the molecule is O=C(NCC1CCSCC1)c1cc(C(F)(F)F)ccc1Br. The molecule has 0 radical (unpaired) electrons. The fraction of sp³-hybridized carbons (Fsp3) is 0.500. The Morgan fingerprint density at radius 2 is 2.00 bits per heavy atom. The van der Waals surface area contributed by atoms with E-state index in [1.807, 2.05) is 11.8 Å². The third-order valence-electron chi connectivity index (χ3n) is 3.43. The summed E-state index contributed by atoms with van der Waals surface area (Å²) in [6, 6.07) is 3.10. The van der Waals surface area contributed by atoms with Crippen LogP contribution in [-0.2, 0) is 6.18 Å². The number of thioether (sulfide) groups is 1. The van der Waals surface area contributed by atoms with Crippen LogP contribution in [0.4, 0.5) is 13.2 Å². The van der Waals surface area contributed by atoms with Crippen LogP contribution in [0.3, 0.4) is 0 Å². The Morgan fingerprint density at radius 3 is 2.62 bits per heavy atom. The van der Waals surface area contributed by atoms with Crippen LogP contribution in [0, 0.1) is 5.92 Å². The normalized spacial score (nSPS) is 16.8. The molecular formula is C14H15BrF3NOS. The molecule has 0 aliphatic carbocycles. The minimum atomic E-state index is -4.45. The fourth-order valence-corrected chi connectivity index (χ4v) is 3.79. The Bertz CT molecular complexity index is 515. The van der Waals surface area contributed by atoms with Gasteiger partial charge in [-0.2, -0.15) is 24.9 Å². The van der Waals surface area contributed by atoms with Gasteiger partial charge in [-0.25, -0.2) is 0 Å². The second-order valence-electron chi connectivity index (χ2n) is 4.96. The molecule has 0 aromatic heterocycles. The molecule has 1 aliphatic heterocycles. The van der Waals surface area contributed by atoms with E-state index in [9.17, 15) is 18.0 Å². The molecule has 1 fully saturated rings. The lowest BCUT2D eigenvalue weighted by atomic mass is 10.0. The molecule has 0 saturated carbocycles.